The average molecular weight is 386 g/mol. The van der Waals surface area contributed by atoms with E-state index in [2.05, 4.69) is 63.1 Å². The van der Waals surface area contributed by atoms with Gasteiger partial charge < -0.3 is 10.6 Å². The van der Waals surface area contributed by atoms with E-state index < -0.39 is 0 Å². The molecule has 0 spiro atoms. The monoisotopic (exact) mass is 386 g/mol. The summed E-state index contributed by atoms with van der Waals surface area (Å²) in [4.78, 5) is 9.38. The quantitative estimate of drug-likeness (QED) is 0.365. The van der Waals surface area contributed by atoms with Gasteiger partial charge in [0.15, 0.2) is 5.82 Å². The highest BCUT2D eigenvalue weighted by atomic mass is 32.1. The van der Waals surface area contributed by atoms with E-state index in [0.29, 0.717) is 5.95 Å². The molecule has 0 bridgehead atoms. The van der Waals surface area contributed by atoms with Crippen molar-refractivity contribution in [3.05, 3.63) is 65.7 Å². The molecule has 0 unspecified atom stereocenters. The molecule has 0 radical (unpaired) electrons. The second-order valence-corrected chi connectivity index (χ2v) is 7.42. The van der Waals surface area contributed by atoms with Crippen molar-refractivity contribution in [1.29, 1.82) is 0 Å². The van der Waals surface area contributed by atoms with E-state index >= 15 is 0 Å². The molecule has 0 aliphatic carbocycles. The Balaban J connectivity index is 1.49. The van der Waals surface area contributed by atoms with Gasteiger partial charge in [0.25, 0.3) is 0 Å². The van der Waals surface area contributed by atoms with Crippen molar-refractivity contribution >= 4 is 55.6 Å². The summed E-state index contributed by atoms with van der Waals surface area (Å²) in [5, 5.41) is 16.9. The molecule has 0 aliphatic heterocycles. The number of thiophene rings is 1. The van der Waals surface area contributed by atoms with Crippen LogP contribution in [0.1, 0.15) is 12.5 Å². The van der Waals surface area contributed by atoms with Crippen molar-refractivity contribution < 1.29 is 0 Å². The topological polar surface area (TPSA) is 78.5 Å². The van der Waals surface area contributed by atoms with Gasteiger partial charge in [0, 0.05) is 16.8 Å². The van der Waals surface area contributed by atoms with Crippen molar-refractivity contribution in [1.82, 2.24) is 20.2 Å². The molecule has 2 aromatic carbocycles. The van der Waals surface area contributed by atoms with Gasteiger partial charge in [0.2, 0.25) is 5.95 Å². The standard InChI is InChI=1S/C21H18N6S/c1-2-13-3-5-15(6-4-13)24-21-25-18-9-10-28-19(18)20(26-21)23-16-7-8-17-14(11-16)12-22-27-17/h3-12H,2H2,1H3,(H,22,27)(H2,23,24,25,26). The fraction of sp³-hybridized carbons (Fsp3) is 0.0952. The smallest absolute Gasteiger partial charge is 0.229 e. The largest absolute Gasteiger partial charge is 0.339 e. The number of anilines is 4. The molecule has 0 fully saturated rings. The number of aromatic nitrogens is 4. The maximum Gasteiger partial charge on any atom is 0.229 e. The third-order valence-electron chi connectivity index (χ3n) is 4.62. The number of rotatable bonds is 5. The van der Waals surface area contributed by atoms with Gasteiger partial charge in [0.05, 0.1) is 21.9 Å². The van der Waals surface area contributed by atoms with Crippen LogP contribution < -0.4 is 10.6 Å². The zero-order valence-corrected chi connectivity index (χ0v) is 16.0. The maximum absolute atomic E-state index is 4.73. The van der Waals surface area contributed by atoms with E-state index in [1.165, 1.54) is 5.56 Å². The first-order chi connectivity index (χ1) is 13.8. The van der Waals surface area contributed by atoms with Crippen LogP contribution in [0.3, 0.4) is 0 Å². The highest BCUT2D eigenvalue weighted by Crippen LogP contribution is 2.31. The van der Waals surface area contributed by atoms with Crippen LogP contribution in [-0.2, 0) is 6.42 Å². The molecule has 0 saturated carbocycles. The molecule has 28 heavy (non-hydrogen) atoms. The molecular weight excluding hydrogens is 368 g/mol. The molecule has 0 aliphatic rings. The Labute approximate surface area is 165 Å². The van der Waals surface area contributed by atoms with Gasteiger partial charge in [-0.25, -0.2) is 4.98 Å². The summed E-state index contributed by atoms with van der Waals surface area (Å²) in [6, 6.07) is 16.4. The van der Waals surface area contributed by atoms with E-state index in [1.54, 1.807) is 11.3 Å². The number of aryl methyl sites for hydroxylation is 1. The van der Waals surface area contributed by atoms with Crippen LogP contribution >= 0.6 is 11.3 Å². The van der Waals surface area contributed by atoms with Crippen molar-refractivity contribution in [2.45, 2.75) is 13.3 Å². The van der Waals surface area contributed by atoms with Crippen LogP contribution in [0.4, 0.5) is 23.1 Å². The van der Waals surface area contributed by atoms with Gasteiger partial charge in [0.1, 0.15) is 0 Å². The minimum absolute atomic E-state index is 0.571. The van der Waals surface area contributed by atoms with Crippen molar-refractivity contribution in [3.8, 4) is 0 Å². The predicted octanol–water partition coefficient (Wildman–Crippen LogP) is 5.62. The highest BCUT2D eigenvalue weighted by molar-refractivity contribution is 7.17. The molecule has 0 amide bonds. The molecule has 138 valence electrons. The van der Waals surface area contributed by atoms with Crippen LogP contribution in [0.15, 0.2) is 60.1 Å². The lowest BCUT2D eigenvalue weighted by atomic mass is 10.1. The number of hydrogen-bond acceptors (Lipinski definition) is 6. The Kier molecular flexibility index (Phi) is 4.14. The van der Waals surface area contributed by atoms with Crippen LogP contribution in [-0.4, -0.2) is 20.2 Å². The van der Waals surface area contributed by atoms with Crippen LogP contribution in [0.2, 0.25) is 0 Å². The average Bonchev–Trinajstić information content (AvgIpc) is 3.37. The zero-order chi connectivity index (χ0) is 18.9. The molecule has 7 heteroatoms. The number of nitrogens with one attached hydrogen (secondary N) is 3. The Morgan fingerprint density at radius 3 is 2.68 bits per heavy atom. The number of hydrogen-bond donors (Lipinski definition) is 3. The Hall–Kier alpha value is -3.45. The molecule has 0 atom stereocenters. The molecule has 3 aromatic heterocycles. The third-order valence-corrected chi connectivity index (χ3v) is 5.54. The van der Waals surface area contributed by atoms with E-state index in [0.717, 1.165) is 44.7 Å². The Morgan fingerprint density at radius 2 is 1.82 bits per heavy atom. The summed E-state index contributed by atoms with van der Waals surface area (Å²) in [6.07, 6.45) is 2.83. The van der Waals surface area contributed by atoms with Crippen molar-refractivity contribution in [3.63, 3.8) is 0 Å². The fourth-order valence-corrected chi connectivity index (χ4v) is 3.89. The highest BCUT2D eigenvalue weighted by Gasteiger charge is 2.10. The molecule has 3 N–H and O–H groups in total. The fourth-order valence-electron chi connectivity index (χ4n) is 3.11. The van der Waals surface area contributed by atoms with Gasteiger partial charge in [-0.2, -0.15) is 10.1 Å². The van der Waals surface area contributed by atoms with Crippen molar-refractivity contribution in [2.24, 2.45) is 0 Å². The summed E-state index contributed by atoms with van der Waals surface area (Å²) in [5.74, 6) is 1.36. The lowest BCUT2D eigenvalue weighted by Gasteiger charge is -2.10. The predicted molar refractivity (Wildman–Crippen MR) is 116 cm³/mol. The zero-order valence-electron chi connectivity index (χ0n) is 15.2. The summed E-state index contributed by atoms with van der Waals surface area (Å²) in [6.45, 7) is 2.15. The summed E-state index contributed by atoms with van der Waals surface area (Å²) < 4.78 is 1.03. The Morgan fingerprint density at radius 1 is 0.964 bits per heavy atom. The number of nitrogens with zero attached hydrogens (tertiary/aromatic N) is 3. The summed E-state index contributed by atoms with van der Waals surface area (Å²) >= 11 is 1.62. The van der Waals surface area contributed by atoms with Gasteiger partial charge >= 0.3 is 0 Å². The number of aromatic amines is 1. The first-order valence-electron chi connectivity index (χ1n) is 9.10. The van der Waals surface area contributed by atoms with Crippen LogP contribution in [0.25, 0.3) is 21.1 Å². The third kappa shape index (κ3) is 3.16. The van der Waals surface area contributed by atoms with Crippen LogP contribution in [0.5, 0.6) is 0 Å². The lowest BCUT2D eigenvalue weighted by molar-refractivity contribution is 1.12. The number of H-pyrrole nitrogens is 1. The SMILES string of the molecule is CCc1ccc(Nc2nc(Nc3ccc4[nH]ncc4c3)c3sccc3n2)cc1. The summed E-state index contributed by atoms with van der Waals surface area (Å²) in [7, 11) is 0. The van der Waals surface area contributed by atoms with Gasteiger partial charge in [-0.15, -0.1) is 11.3 Å². The molecular formula is C21H18N6S. The Bertz CT molecular complexity index is 1260. The first-order valence-corrected chi connectivity index (χ1v) is 9.98. The van der Waals surface area contributed by atoms with Crippen molar-refractivity contribution in [2.75, 3.05) is 10.6 Å². The van der Waals surface area contributed by atoms with Gasteiger partial charge in [-0.3, -0.25) is 5.10 Å². The molecule has 6 nitrogen and oxygen atoms in total. The number of fused-ring (bicyclic) bond motifs is 2. The van der Waals surface area contributed by atoms with E-state index in [-0.39, 0.29) is 0 Å². The molecule has 0 saturated heterocycles. The van der Waals surface area contributed by atoms with Gasteiger partial charge in [-0.05, 0) is 53.8 Å². The summed E-state index contributed by atoms with van der Waals surface area (Å²) in [5.41, 5.74) is 5.15. The second kappa shape index (κ2) is 6.94. The first kappa shape index (κ1) is 16.7. The normalized spacial score (nSPS) is 11.2. The van der Waals surface area contributed by atoms with E-state index in [1.807, 2.05) is 29.8 Å². The molecule has 5 aromatic rings. The van der Waals surface area contributed by atoms with E-state index in [4.69, 9.17) is 4.98 Å². The van der Waals surface area contributed by atoms with Crippen LogP contribution in [0, 0.1) is 0 Å². The second-order valence-electron chi connectivity index (χ2n) is 6.50. The maximum atomic E-state index is 4.73. The number of benzene rings is 2. The minimum Gasteiger partial charge on any atom is -0.339 e. The molecule has 5 rings (SSSR count). The lowest BCUT2D eigenvalue weighted by Crippen LogP contribution is -2.01. The minimum atomic E-state index is 0.571. The van der Waals surface area contributed by atoms with Gasteiger partial charge in [-0.1, -0.05) is 19.1 Å². The molecule has 3 heterocycles. The van der Waals surface area contributed by atoms with E-state index in [9.17, 15) is 0 Å².